The summed E-state index contributed by atoms with van der Waals surface area (Å²) >= 11 is 0. The largest absolute Gasteiger partial charge is 0.482 e. The molecule has 6 nitrogen and oxygen atoms in total. The summed E-state index contributed by atoms with van der Waals surface area (Å²) in [6.07, 6.45) is 3.51. The molecule has 0 saturated carbocycles. The van der Waals surface area contributed by atoms with Gasteiger partial charge in [0, 0.05) is 12.2 Å². The van der Waals surface area contributed by atoms with Crippen LogP contribution in [0.2, 0.25) is 0 Å². The molecule has 2 aromatic rings. The Balaban J connectivity index is 1.81. The van der Waals surface area contributed by atoms with E-state index in [2.05, 4.69) is 20.8 Å². The predicted molar refractivity (Wildman–Crippen MR) is 71.2 cm³/mol. The smallest absolute Gasteiger partial charge is 0.262 e. The van der Waals surface area contributed by atoms with E-state index in [1.807, 2.05) is 25.1 Å². The number of ether oxygens (including phenoxy) is 1. The van der Waals surface area contributed by atoms with Crippen LogP contribution in [0.5, 0.6) is 5.75 Å². The van der Waals surface area contributed by atoms with Gasteiger partial charge in [-0.15, -0.1) is 0 Å². The second kappa shape index (κ2) is 4.64. The van der Waals surface area contributed by atoms with Crippen molar-refractivity contribution in [3.63, 3.8) is 0 Å². The van der Waals surface area contributed by atoms with Gasteiger partial charge in [-0.25, -0.2) is 0 Å². The van der Waals surface area contributed by atoms with Gasteiger partial charge in [-0.2, -0.15) is 5.10 Å². The lowest BCUT2D eigenvalue weighted by Crippen LogP contribution is -2.25. The lowest BCUT2D eigenvalue weighted by molar-refractivity contribution is -0.118. The lowest BCUT2D eigenvalue weighted by atomic mass is 10.1. The highest BCUT2D eigenvalue weighted by Gasteiger charge is 2.17. The number of carbonyl (C=O) groups is 1. The van der Waals surface area contributed by atoms with Gasteiger partial charge >= 0.3 is 0 Å². The van der Waals surface area contributed by atoms with E-state index in [0.717, 1.165) is 16.9 Å². The van der Waals surface area contributed by atoms with Gasteiger partial charge in [0.1, 0.15) is 5.75 Å². The number of fused-ring (bicyclic) bond motifs is 1. The molecular weight excluding hydrogens is 244 g/mol. The number of rotatable bonds is 3. The standard InChI is InChI=1S/C13H14N4O2/c1-8(16-10-5-14-15-6-10)9-2-3-12-11(4-9)17-13(18)7-19-12/h2-6,8,16H,7H2,1H3,(H,14,15)(H,17,18). The fourth-order valence-corrected chi connectivity index (χ4v) is 2.03. The Hall–Kier alpha value is -2.50. The minimum Gasteiger partial charge on any atom is -0.482 e. The Morgan fingerprint density at radius 3 is 3.16 bits per heavy atom. The van der Waals surface area contributed by atoms with Crippen molar-refractivity contribution < 1.29 is 9.53 Å². The third kappa shape index (κ3) is 2.37. The predicted octanol–water partition coefficient (Wildman–Crippen LogP) is 1.91. The summed E-state index contributed by atoms with van der Waals surface area (Å²) in [7, 11) is 0. The maximum absolute atomic E-state index is 11.3. The summed E-state index contributed by atoms with van der Waals surface area (Å²) in [5.74, 6) is 0.582. The molecule has 0 saturated heterocycles. The molecule has 98 valence electrons. The van der Waals surface area contributed by atoms with E-state index in [-0.39, 0.29) is 18.6 Å². The van der Waals surface area contributed by atoms with Crippen LogP contribution in [0.15, 0.2) is 30.6 Å². The average Bonchev–Trinajstić information content (AvgIpc) is 2.90. The van der Waals surface area contributed by atoms with Crippen molar-refractivity contribution in [1.29, 1.82) is 0 Å². The number of H-pyrrole nitrogens is 1. The van der Waals surface area contributed by atoms with Gasteiger partial charge in [0.15, 0.2) is 6.61 Å². The Bertz CT molecular complexity index is 595. The van der Waals surface area contributed by atoms with Crippen LogP contribution in [-0.2, 0) is 4.79 Å². The number of aromatic nitrogens is 2. The molecule has 0 fully saturated rings. The zero-order valence-electron chi connectivity index (χ0n) is 10.4. The first-order valence-corrected chi connectivity index (χ1v) is 6.04. The van der Waals surface area contributed by atoms with Gasteiger partial charge in [0.05, 0.1) is 17.6 Å². The summed E-state index contributed by atoms with van der Waals surface area (Å²) in [6, 6.07) is 5.87. The molecule has 0 radical (unpaired) electrons. The van der Waals surface area contributed by atoms with Crippen molar-refractivity contribution >= 4 is 17.3 Å². The highest BCUT2D eigenvalue weighted by atomic mass is 16.5. The molecule has 3 rings (SSSR count). The van der Waals surface area contributed by atoms with Crippen molar-refractivity contribution in [2.24, 2.45) is 0 Å². The quantitative estimate of drug-likeness (QED) is 0.785. The molecule has 1 aromatic heterocycles. The molecule has 0 bridgehead atoms. The van der Waals surface area contributed by atoms with Gasteiger partial charge in [-0.3, -0.25) is 9.89 Å². The van der Waals surface area contributed by atoms with Crippen molar-refractivity contribution in [3.8, 4) is 5.75 Å². The highest BCUT2D eigenvalue weighted by Crippen LogP contribution is 2.31. The van der Waals surface area contributed by atoms with Gasteiger partial charge in [-0.1, -0.05) is 6.07 Å². The molecule has 1 atom stereocenters. The second-order valence-corrected chi connectivity index (χ2v) is 4.45. The number of hydrogen-bond acceptors (Lipinski definition) is 4. The molecule has 6 heteroatoms. The van der Waals surface area contributed by atoms with E-state index in [0.29, 0.717) is 5.75 Å². The van der Waals surface area contributed by atoms with Gasteiger partial charge in [-0.05, 0) is 24.6 Å². The maximum atomic E-state index is 11.3. The molecule has 1 unspecified atom stereocenters. The van der Waals surface area contributed by atoms with Crippen LogP contribution in [0.1, 0.15) is 18.5 Å². The Morgan fingerprint density at radius 1 is 1.47 bits per heavy atom. The van der Waals surface area contributed by atoms with Crippen LogP contribution in [0, 0.1) is 0 Å². The van der Waals surface area contributed by atoms with Gasteiger partial charge in [0.25, 0.3) is 5.91 Å². The van der Waals surface area contributed by atoms with Crippen molar-refractivity contribution in [1.82, 2.24) is 10.2 Å². The Labute approximate surface area is 110 Å². The van der Waals surface area contributed by atoms with E-state index in [4.69, 9.17) is 4.74 Å². The molecule has 3 N–H and O–H groups in total. The van der Waals surface area contributed by atoms with E-state index in [1.54, 1.807) is 12.4 Å². The Morgan fingerprint density at radius 2 is 2.37 bits per heavy atom. The summed E-state index contributed by atoms with van der Waals surface area (Å²) in [6.45, 7) is 2.12. The zero-order chi connectivity index (χ0) is 13.2. The van der Waals surface area contributed by atoms with E-state index < -0.39 is 0 Å². The minimum atomic E-state index is -0.125. The minimum absolute atomic E-state index is 0.0785. The molecule has 1 amide bonds. The van der Waals surface area contributed by atoms with Crippen LogP contribution in [-0.4, -0.2) is 22.7 Å². The van der Waals surface area contributed by atoms with Crippen molar-refractivity contribution in [2.75, 3.05) is 17.2 Å². The molecule has 0 spiro atoms. The third-order valence-electron chi connectivity index (χ3n) is 3.02. The molecule has 1 aromatic carbocycles. The van der Waals surface area contributed by atoms with E-state index >= 15 is 0 Å². The van der Waals surface area contributed by atoms with E-state index in [9.17, 15) is 4.79 Å². The fourth-order valence-electron chi connectivity index (χ4n) is 2.03. The van der Waals surface area contributed by atoms with Crippen LogP contribution in [0.25, 0.3) is 0 Å². The van der Waals surface area contributed by atoms with Crippen molar-refractivity contribution in [3.05, 3.63) is 36.2 Å². The Kier molecular flexibility index (Phi) is 2.83. The molecule has 2 heterocycles. The molecule has 1 aliphatic heterocycles. The molecule has 1 aliphatic rings. The number of anilines is 2. The number of hydrogen-bond donors (Lipinski definition) is 3. The number of carbonyl (C=O) groups excluding carboxylic acids is 1. The summed E-state index contributed by atoms with van der Waals surface area (Å²) in [5, 5.41) is 12.8. The van der Waals surface area contributed by atoms with Crippen molar-refractivity contribution in [2.45, 2.75) is 13.0 Å². The molecule has 19 heavy (non-hydrogen) atoms. The SMILES string of the molecule is CC(Nc1cn[nH]c1)c1ccc2c(c1)NC(=O)CO2. The molecular formula is C13H14N4O2. The van der Waals surface area contributed by atoms with Gasteiger partial charge < -0.3 is 15.4 Å². The summed E-state index contributed by atoms with van der Waals surface area (Å²) < 4.78 is 5.33. The summed E-state index contributed by atoms with van der Waals surface area (Å²) in [4.78, 5) is 11.3. The number of aromatic amines is 1. The lowest BCUT2D eigenvalue weighted by Gasteiger charge is -2.21. The normalized spacial score (nSPS) is 15.1. The fraction of sp³-hybridized carbons (Fsp3) is 0.231. The van der Waals surface area contributed by atoms with Gasteiger partial charge in [0.2, 0.25) is 0 Å². The first-order chi connectivity index (χ1) is 9.22. The highest BCUT2D eigenvalue weighted by molar-refractivity contribution is 5.95. The second-order valence-electron chi connectivity index (χ2n) is 4.45. The third-order valence-corrected chi connectivity index (χ3v) is 3.02. The average molecular weight is 258 g/mol. The molecule has 0 aliphatic carbocycles. The number of amides is 1. The van der Waals surface area contributed by atoms with E-state index in [1.165, 1.54) is 0 Å². The monoisotopic (exact) mass is 258 g/mol. The summed E-state index contributed by atoms with van der Waals surface area (Å²) in [5.41, 5.74) is 2.70. The zero-order valence-corrected chi connectivity index (χ0v) is 10.4. The number of nitrogens with one attached hydrogen (secondary N) is 3. The van der Waals surface area contributed by atoms with Crippen LogP contribution >= 0.6 is 0 Å². The maximum Gasteiger partial charge on any atom is 0.262 e. The van der Waals surface area contributed by atoms with Crippen LogP contribution < -0.4 is 15.4 Å². The van der Waals surface area contributed by atoms with Crippen LogP contribution in [0.4, 0.5) is 11.4 Å². The van der Waals surface area contributed by atoms with Crippen LogP contribution in [0.3, 0.4) is 0 Å². The number of benzene rings is 1. The topological polar surface area (TPSA) is 79.0 Å². The first-order valence-electron chi connectivity index (χ1n) is 6.04. The first kappa shape index (κ1) is 11.6. The number of nitrogens with zero attached hydrogens (tertiary/aromatic N) is 1.